The number of hydrogen-bond acceptors (Lipinski definition) is 2. The molecular weight excluding hydrogens is 221 g/mol. The van der Waals surface area contributed by atoms with Gasteiger partial charge in [0.15, 0.2) is 5.96 Å². The first kappa shape index (κ1) is 13.1. The Kier molecular flexibility index (Phi) is 4.40. The van der Waals surface area contributed by atoms with E-state index in [4.69, 9.17) is 0 Å². The maximum absolute atomic E-state index is 12.1. The van der Waals surface area contributed by atoms with Crippen LogP contribution in [-0.4, -0.2) is 56.8 Å². The fourth-order valence-corrected chi connectivity index (χ4v) is 1.79. The summed E-state index contributed by atoms with van der Waals surface area (Å²) >= 11 is 0. The molecule has 16 heavy (non-hydrogen) atoms. The number of hydrogen-bond donors (Lipinski definition) is 2. The Labute approximate surface area is 92.9 Å². The molecule has 0 aromatic carbocycles. The monoisotopic (exact) mass is 238 g/mol. The summed E-state index contributed by atoms with van der Waals surface area (Å²) < 4.78 is 36.4. The van der Waals surface area contributed by atoms with Gasteiger partial charge in [0.05, 0.1) is 6.54 Å². The second kappa shape index (κ2) is 5.38. The zero-order chi connectivity index (χ0) is 12.2. The van der Waals surface area contributed by atoms with Crippen LogP contribution in [0.25, 0.3) is 0 Å². The molecule has 1 fully saturated rings. The molecule has 94 valence electrons. The maximum atomic E-state index is 12.1. The summed E-state index contributed by atoms with van der Waals surface area (Å²) in [4.78, 5) is 5.33. The van der Waals surface area contributed by atoms with Crippen LogP contribution in [0.15, 0.2) is 4.99 Å². The molecule has 0 bridgehead atoms. The lowest BCUT2D eigenvalue weighted by molar-refractivity contribution is -0.143. The standard InChI is InChI=1S/C9H17F3N4/c1-13-8(14-2)15-7-3-4-16(5-7)6-9(10,11)12/h7H,3-6H2,1-2H3,(H2,13,14,15). The average molecular weight is 238 g/mol. The highest BCUT2D eigenvalue weighted by Crippen LogP contribution is 2.19. The predicted octanol–water partition coefficient (Wildman–Crippen LogP) is 0.418. The van der Waals surface area contributed by atoms with Gasteiger partial charge >= 0.3 is 6.18 Å². The lowest BCUT2D eigenvalue weighted by Crippen LogP contribution is -2.43. The third kappa shape index (κ3) is 4.26. The van der Waals surface area contributed by atoms with Crippen LogP contribution >= 0.6 is 0 Å². The Morgan fingerprint density at radius 2 is 2.19 bits per heavy atom. The van der Waals surface area contributed by atoms with Crippen molar-refractivity contribution in [3.63, 3.8) is 0 Å². The number of aliphatic imine (C=N–C) groups is 1. The maximum Gasteiger partial charge on any atom is 0.401 e. The molecule has 1 saturated heterocycles. The molecule has 1 heterocycles. The first-order chi connectivity index (χ1) is 7.44. The summed E-state index contributed by atoms with van der Waals surface area (Å²) in [7, 11) is 3.35. The van der Waals surface area contributed by atoms with Crippen molar-refractivity contribution in [2.24, 2.45) is 4.99 Å². The summed E-state index contributed by atoms with van der Waals surface area (Å²) in [5.74, 6) is 0.610. The summed E-state index contributed by atoms with van der Waals surface area (Å²) in [5, 5.41) is 5.90. The summed E-state index contributed by atoms with van der Waals surface area (Å²) in [6.07, 6.45) is -3.41. The van der Waals surface area contributed by atoms with Gasteiger partial charge in [0.2, 0.25) is 0 Å². The third-order valence-corrected chi connectivity index (χ3v) is 2.48. The molecule has 0 aliphatic carbocycles. The molecule has 1 aliphatic rings. The first-order valence-corrected chi connectivity index (χ1v) is 5.15. The van der Waals surface area contributed by atoms with E-state index in [2.05, 4.69) is 15.6 Å². The van der Waals surface area contributed by atoms with Gasteiger partial charge in [-0.15, -0.1) is 0 Å². The Morgan fingerprint density at radius 1 is 1.50 bits per heavy atom. The highest BCUT2D eigenvalue weighted by atomic mass is 19.4. The Morgan fingerprint density at radius 3 is 2.69 bits per heavy atom. The van der Waals surface area contributed by atoms with E-state index in [1.807, 2.05) is 0 Å². The second-order valence-electron chi connectivity index (χ2n) is 3.80. The van der Waals surface area contributed by atoms with E-state index in [1.54, 1.807) is 14.1 Å². The molecule has 0 amide bonds. The highest BCUT2D eigenvalue weighted by Gasteiger charge is 2.34. The predicted molar refractivity (Wildman–Crippen MR) is 56.5 cm³/mol. The van der Waals surface area contributed by atoms with Crippen molar-refractivity contribution < 1.29 is 13.2 Å². The Hall–Kier alpha value is -0.980. The summed E-state index contributed by atoms with van der Waals surface area (Å²) in [5.41, 5.74) is 0. The topological polar surface area (TPSA) is 39.7 Å². The van der Waals surface area contributed by atoms with Gasteiger partial charge in [0.25, 0.3) is 0 Å². The van der Waals surface area contributed by atoms with Crippen LogP contribution in [0.5, 0.6) is 0 Å². The van der Waals surface area contributed by atoms with Crippen molar-refractivity contribution >= 4 is 5.96 Å². The molecule has 1 unspecified atom stereocenters. The van der Waals surface area contributed by atoms with Gasteiger partial charge in [-0.2, -0.15) is 13.2 Å². The zero-order valence-electron chi connectivity index (χ0n) is 9.43. The lowest BCUT2D eigenvalue weighted by atomic mass is 10.3. The van der Waals surface area contributed by atoms with Crippen molar-refractivity contribution in [3.8, 4) is 0 Å². The molecular formula is C9H17F3N4. The average Bonchev–Trinajstić information content (AvgIpc) is 2.59. The quantitative estimate of drug-likeness (QED) is 0.541. The number of nitrogens with one attached hydrogen (secondary N) is 2. The van der Waals surface area contributed by atoms with Gasteiger partial charge in [-0.3, -0.25) is 9.89 Å². The summed E-state index contributed by atoms with van der Waals surface area (Å²) in [6, 6.07) is 0.0356. The lowest BCUT2D eigenvalue weighted by Gasteiger charge is -2.19. The van der Waals surface area contributed by atoms with E-state index in [-0.39, 0.29) is 6.04 Å². The van der Waals surface area contributed by atoms with E-state index in [0.29, 0.717) is 25.5 Å². The van der Waals surface area contributed by atoms with Gasteiger partial charge in [0.1, 0.15) is 0 Å². The number of rotatable bonds is 2. The van der Waals surface area contributed by atoms with Gasteiger partial charge in [0, 0.05) is 33.2 Å². The number of likely N-dealkylation sites (tertiary alicyclic amines) is 1. The fourth-order valence-electron chi connectivity index (χ4n) is 1.79. The Balaban J connectivity index is 2.35. The molecule has 1 rings (SSSR count). The van der Waals surface area contributed by atoms with Crippen molar-refractivity contribution in [2.45, 2.75) is 18.6 Å². The van der Waals surface area contributed by atoms with Crippen LogP contribution in [-0.2, 0) is 0 Å². The van der Waals surface area contributed by atoms with E-state index >= 15 is 0 Å². The van der Waals surface area contributed by atoms with E-state index in [9.17, 15) is 13.2 Å². The van der Waals surface area contributed by atoms with Crippen LogP contribution in [0, 0.1) is 0 Å². The molecule has 0 saturated carbocycles. The van der Waals surface area contributed by atoms with Crippen LogP contribution < -0.4 is 10.6 Å². The minimum Gasteiger partial charge on any atom is -0.359 e. The van der Waals surface area contributed by atoms with Crippen LogP contribution in [0.4, 0.5) is 13.2 Å². The van der Waals surface area contributed by atoms with Crippen LogP contribution in [0.2, 0.25) is 0 Å². The van der Waals surface area contributed by atoms with Crippen LogP contribution in [0.1, 0.15) is 6.42 Å². The minimum absolute atomic E-state index is 0.0356. The van der Waals surface area contributed by atoms with Crippen molar-refractivity contribution in [3.05, 3.63) is 0 Å². The number of alkyl halides is 3. The normalized spacial score (nSPS) is 23.6. The first-order valence-electron chi connectivity index (χ1n) is 5.15. The van der Waals surface area contributed by atoms with E-state index < -0.39 is 12.7 Å². The smallest absolute Gasteiger partial charge is 0.359 e. The molecule has 1 aliphatic heterocycles. The molecule has 0 radical (unpaired) electrons. The number of guanidine groups is 1. The van der Waals surface area contributed by atoms with Crippen molar-refractivity contribution in [1.29, 1.82) is 0 Å². The largest absolute Gasteiger partial charge is 0.401 e. The van der Waals surface area contributed by atoms with Gasteiger partial charge in [-0.1, -0.05) is 0 Å². The van der Waals surface area contributed by atoms with Gasteiger partial charge in [-0.05, 0) is 6.42 Å². The third-order valence-electron chi connectivity index (χ3n) is 2.48. The molecule has 0 spiro atoms. The van der Waals surface area contributed by atoms with Gasteiger partial charge in [-0.25, -0.2) is 0 Å². The van der Waals surface area contributed by atoms with Crippen molar-refractivity contribution in [1.82, 2.24) is 15.5 Å². The Bertz CT molecular complexity index is 252. The van der Waals surface area contributed by atoms with Crippen LogP contribution in [0.3, 0.4) is 0 Å². The molecule has 2 N–H and O–H groups in total. The van der Waals surface area contributed by atoms with Crippen molar-refractivity contribution in [2.75, 3.05) is 33.7 Å². The fraction of sp³-hybridized carbons (Fsp3) is 0.889. The SMILES string of the molecule is CN=C(NC)NC1CCN(CC(F)(F)F)C1. The van der Waals surface area contributed by atoms with E-state index in [1.165, 1.54) is 4.90 Å². The molecule has 4 nitrogen and oxygen atoms in total. The van der Waals surface area contributed by atoms with Gasteiger partial charge < -0.3 is 10.6 Å². The molecule has 0 aromatic heterocycles. The highest BCUT2D eigenvalue weighted by molar-refractivity contribution is 5.79. The second-order valence-corrected chi connectivity index (χ2v) is 3.80. The summed E-state index contributed by atoms with van der Waals surface area (Å²) in [6.45, 7) is 0.0431. The minimum atomic E-state index is -4.11. The number of nitrogens with zero attached hydrogens (tertiary/aromatic N) is 2. The molecule has 7 heteroatoms. The van der Waals surface area contributed by atoms with E-state index in [0.717, 1.165) is 0 Å². The number of halogens is 3. The molecule has 0 aromatic rings. The molecule has 1 atom stereocenters. The zero-order valence-corrected chi connectivity index (χ0v) is 9.43.